The van der Waals surface area contributed by atoms with Gasteiger partial charge in [0.25, 0.3) is 5.56 Å². The summed E-state index contributed by atoms with van der Waals surface area (Å²) in [5, 5.41) is 1.12. The second-order valence-corrected chi connectivity index (χ2v) is 10.4. The van der Waals surface area contributed by atoms with Crippen molar-refractivity contribution in [3.63, 3.8) is 0 Å². The van der Waals surface area contributed by atoms with E-state index in [0.29, 0.717) is 36.6 Å². The maximum Gasteiger partial charge on any atom is 0.338 e. The molecule has 3 aromatic heterocycles. The zero-order valence-electron chi connectivity index (χ0n) is 19.2. The zero-order valence-corrected chi connectivity index (χ0v) is 22.4. The molecule has 0 saturated carbocycles. The number of benzene rings is 1. The van der Waals surface area contributed by atoms with E-state index in [1.807, 2.05) is 30.3 Å². The van der Waals surface area contributed by atoms with Gasteiger partial charge in [-0.3, -0.25) is 9.36 Å². The number of esters is 1. The van der Waals surface area contributed by atoms with Crippen LogP contribution < -0.4 is 14.9 Å². The summed E-state index contributed by atoms with van der Waals surface area (Å²) in [6.45, 7) is 3.74. The first-order valence-corrected chi connectivity index (χ1v) is 13.4. The number of aromatic nitrogens is 3. The number of carbonyl (C=O) groups excluding carboxylic acids is 1. The molecular formula is C25H19BrN4O4S2. The van der Waals surface area contributed by atoms with Crippen molar-refractivity contribution in [2.75, 3.05) is 6.61 Å². The molecule has 4 aromatic rings. The van der Waals surface area contributed by atoms with E-state index in [4.69, 9.17) is 9.15 Å². The van der Waals surface area contributed by atoms with Crippen LogP contribution in [0, 0.1) is 0 Å². The van der Waals surface area contributed by atoms with Gasteiger partial charge in [-0.2, -0.15) is 0 Å². The molecule has 0 unspecified atom stereocenters. The molecular weight excluding hydrogens is 564 g/mol. The van der Waals surface area contributed by atoms with Crippen molar-refractivity contribution in [3.05, 3.63) is 102 Å². The van der Waals surface area contributed by atoms with Crippen LogP contribution in [0.15, 0.2) is 95.1 Å². The summed E-state index contributed by atoms with van der Waals surface area (Å²) in [5.41, 5.74) is 1.40. The summed E-state index contributed by atoms with van der Waals surface area (Å²) >= 11 is 6.01. The number of thiazole rings is 1. The molecule has 0 amide bonds. The first kappa shape index (κ1) is 24.4. The zero-order chi connectivity index (χ0) is 25.2. The van der Waals surface area contributed by atoms with Crippen LogP contribution in [0.4, 0.5) is 0 Å². The van der Waals surface area contributed by atoms with Gasteiger partial charge in [0.2, 0.25) is 0 Å². The number of fused-ring (bicyclic) bond motifs is 1. The van der Waals surface area contributed by atoms with Gasteiger partial charge in [-0.25, -0.2) is 19.8 Å². The number of allylic oxidation sites excluding steroid dienone is 1. The molecule has 8 nitrogen and oxygen atoms in total. The number of rotatable bonds is 6. The predicted octanol–water partition coefficient (Wildman–Crippen LogP) is 4.10. The Balaban J connectivity index is 1.60. The maximum absolute atomic E-state index is 13.6. The Hall–Kier alpha value is -3.28. The van der Waals surface area contributed by atoms with Crippen LogP contribution in [0.25, 0.3) is 6.08 Å². The minimum atomic E-state index is -0.645. The van der Waals surface area contributed by atoms with Crippen LogP contribution >= 0.6 is 39.0 Å². The summed E-state index contributed by atoms with van der Waals surface area (Å²) in [5.74, 6) is 0.00445. The number of furan rings is 1. The van der Waals surface area contributed by atoms with Crippen molar-refractivity contribution in [2.24, 2.45) is 4.99 Å². The van der Waals surface area contributed by atoms with Crippen LogP contribution in [-0.2, 0) is 9.53 Å². The van der Waals surface area contributed by atoms with Gasteiger partial charge in [0.05, 0.1) is 32.9 Å². The van der Waals surface area contributed by atoms with Crippen LogP contribution in [-0.4, -0.2) is 27.1 Å². The Kier molecular flexibility index (Phi) is 7.04. The van der Waals surface area contributed by atoms with Crippen LogP contribution in [0.3, 0.4) is 0 Å². The summed E-state index contributed by atoms with van der Waals surface area (Å²) in [7, 11) is 0. The highest BCUT2D eigenvalue weighted by Gasteiger charge is 2.33. The molecule has 1 aromatic carbocycles. The standard InChI is InChI=1S/C25H19BrN4O4S2/c1-3-33-22(32)19-14(2)29-25-30(20(19)15-8-5-4-6-9-15)21(31)18(35-25)13-16-12-17(26)23(34-16)36-24-27-10-7-11-28-24/h4-13,20H,3H2,1-2H3/b18-13+/t20-/m0/s1. The third kappa shape index (κ3) is 4.73. The first-order valence-electron chi connectivity index (χ1n) is 10.9. The molecule has 1 aliphatic heterocycles. The van der Waals surface area contributed by atoms with Crippen molar-refractivity contribution in [1.29, 1.82) is 0 Å². The molecule has 0 bridgehead atoms. The highest BCUT2D eigenvalue weighted by atomic mass is 79.9. The highest BCUT2D eigenvalue weighted by Crippen LogP contribution is 2.34. The van der Waals surface area contributed by atoms with Crippen LogP contribution in [0.5, 0.6) is 0 Å². The second kappa shape index (κ2) is 10.4. The molecule has 4 heterocycles. The SMILES string of the molecule is CCOC(=O)C1=C(C)N=c2s/c(=C/c3cc(Br)c(Sc4ncccn4)o3)c(=O)n2[C@H]1c1ccccc1. The molecule has 0 aliphatic carbocycles. The molecule has 0 N–H and O–H groups in total. The lowest BCUT2D eigenvalue weighted by Crippen LogP contribution is -2.39. The van der Waals surface area contributed by atoms with Crippen molar-refractivity contribution < 1.29 is 13.9 Å². The van der Waals surface area contributed by atoms with Gasteiger partial charge in [0.1, 0.15) is 5.76 Å². The fraction of sp³-hybridized carbons (Fsp3) is 0.160. The van der Waals surface area contributed by atoms with Crippen LogP contribution in [0.1, 0.15) is 31.2 Å². The van der Waals surface area contributed by atoms with E-state index in [1.165, 1.54) is 23.1 Å². The van der Waals surface area contributed by atoms with Gasteiger partial charge < -0.3 is 9.15 Å². The van der Waals surface area contributed by atoms with Crippen molar-refractivity contribution in [3.8, 4) is 0 Å². The Morgan fingerprint density at radius 3 is 2.72 bits per heavy atom. The van der Waals surface area contributed by atoms with Crippen molar-refractivity contribution in [2.45, 2.75) is 30.1 Å². The molecule has 1 aliphatic rings. The predicted molar refractivity (Wildman–Crippen MR) is 139 cm³/mol. The summed E-state index contributed by atoms with van der Waals surface area (Å²) in [6, 6.07) is 12.3. The van der Waals surface area contributed by atoms with Gasteiger partial charge in [-0.1, -0.05) is 41.7 Å². The molecule has 5 rings (SSSR count). The Labute approximate surface area is 222 Å². The van der Waals surface area contributed by atoms with Gasteiger partial charge in [0.15, 0.2) is 15.1 Å². The fourth-order valence-corrected chi connectivity index (χ4v) is 6.07. The monoisotopic (exact) mass is 582 g/mol. The minimum absolute atomic E-state index is 0.225. The summed E-state index contributed by atoms with van der Waals surface area (Å²) < 4.78 is 14.0. The average Bonchev–Trinajstić information content (AvgIpc) is 3.37. The van der Waals surface area contributed by atoms with E-state index >= 15 is 0 Å². The highest BCUT2D eigenvalue weighted by molar-refractivity contribution is 9.10. The van der Waals surface area contributed by atoms with E-state index in [0.717, 1.165) is 10.0 Å². The Morgan fingerprint density at radius 2 is 2.00 bits per heavy atom. The van der Waals surface area contributed by atoms with Gasteiger partial charge in [-0.05, 0) is 59.2 Å². The fourth-order valence-electron chi connectivity index (χ4n) is 3.80. The summed E-state index contributed by atoms with van der Waals surface area (Å²) in [4.78, 5) is 40.0. The average molecular weight is 583 g/mol. The summed E-state index contributed by atoms with van der Waals surface area (Å²) in [6.07, 6.45) is 4.99. The van der Waals surface area contributed by atoms with Crippen molar-refractivity contribution in [1.82, 2.24) is 14.5 Å². The smallest absolute Gasteiger partial charge is 0.338 e. The number of hydrogen-bond donors (Lipinski definition) is 0. The number of halogens is 1. The third-order valence-corrected chi connectivity index (χ3v) is 8.02. The largest absolute Gasteiger partial charge is 0.463 e. The Bertz CT molecular complexity index is 1640. The molecule has 182 valence electrons. The second-order valence-electron chi connectivity index (χ2n) is 7.63. The lowest BCUT2D eigenvalue weighted by atomic mass is 9.96. The first-order chi connectivity index (χ1) is 17.5. The minimum Gasteiger partial charge on any atom is -0.463 e. The molecule has 0 radical (unpaired) electrons. The normalized spacial score (nSPS) is 15.5. The van der Waals surface area contributed by atoms with Gasteiger partial charge >= 0.3 is 5.97 Å². The maximum atomic E-state index is 13.6. The lowest BCUT2D eigenvalue weighted by molar-refractivity contribution is -0.139. The van der Waals surface area contributed by atoms with Crippen molar-refractivity contribution >= 4 is 51.1 Å². The van der Waals surface area contributed by atoms with Gasteiger partial charge in [-0.15, -0.1) is 0 Å². The molecule has 0 saturated heterocycles. The van der Waals surface area contributed by atoms with E-state index < -0.39 is 12.0 Å². The number of nitrogens with zero attached hydrogens (tertiary/aromatic N) is 4. The van der Waals surface area contributed by atoms with Gasteiger partial charge in [0, 0.05) is 18.5 Å². The van der Waals surface area contributed by atoms with E-state index in [1.54, 1.807) is 49.0 Å². The third-order valence-electron chi connectivity index (χ3n) is 5.31. The number of hydrogen-bond acceptors (Lipinski definition) is 9. The van der Waals surface area contributed by atoms with E-state index in [-0.39, 0.29) is 12.2 Å². The lowest BCUT2D eigenvalue weighted by Gasteiger charge is -2.24. The molecule has 36 heavy (non-hydrogen) atoms. The molecule has 0 fully saturated rings. The Morgan fingerprint density at radius 1 is 1.25 bits per heavy atom. The number of carbonyl (C=O) groups is 1. The molecule has 1 atom stereocenters. The number of ether oxygens (including phenoxy) is 1. The quantitative estimate of drug-likeness (QED) is 0.249. The topological polar surface area (TPSA) is 99.6 Å². The molecule has 11 heteroatoms. The molecule has 0 spiro atoms. The van der Waals surface area contributed by atoms with E-state index in [2.05, 4.69) is 30.9 Å². The van der Waals surface area contributed by atoms with Crippen LogP contribution in [0.2, 0.25) is 0 Å². The van der Waals surface area contributed by atoms with E-state index in [9.17, 15) is 9.59 Å².